The first-order chi connectivity index (χ1) is 15.1. The predicted molar refractivity (Wildman–Crippen MR) is 126 cm³/mol. The number of nitrogens with one attached hydrogen (secondary N) is 1. The monoisotopic (exact) mass is 457 g/mol. The Morgan fingerprint density at radius 1 is 1.22 bits per heavy atom. The van der Waals surface area contributed by atoms with Gasteiger partial charge in [0.2, 0.25) is 21.8 Å². The largest absolute Gasteiger partial charge is 0.326 e. The van der Waals surface area contributed by atoms with Crippen molar-refractivity contribution >= 4 is 33.2 Å². The van der Waals surface area contributed by atoms with Gasteiger partial charge in [-0.2, -0.15) is 0 Å². The van der Waals surface area contributed by atoms with Crippen molar-refractivity contribution in [2.75, 3.05) is 30.9 Å². The van der Waals surface area contributed by atoms with Crippen LogP contribution in [0.1, 0.15) is 43.7 Å². The normalized spacial score (nSPS) is 17.6. The zero-order valence-electron chi connectivity index (χ0n) is 19.3. The molecule has 1 fully saturated rings. The molecule has 0 aromatic heterocycles. The zero-order valence-corrected chi connectivity index (χ0v) is 20.1. The van der Waals surface area contributed by atoms with Crippen LogP contribution < -0.4 is 10.2 Å². The van der Waals surface area contributed by atoms with Crippen LogP contribution in [0.2, 0.25) is 0 Å². The molecule has 2 aromatic carbocycles. The summed E-state index contributed by atoms with van der Waals surface area (Å²) in [6.07, 6.45) is 1.07. The molecule has 0 unspecified atom stereocenters. The molecule has 0 radical (unpaired) electrons. The lowest BCUT2D eigenvalue weighted by molar-refractivity contribution is -0.122. The van der Waals surface area contributed by atoms with Crippen LogP contribution in [-0.2, 0) is 19.6 Å². The van der Waals surface area contributed by atoms with Gasteiger partial charge in [-0.1, -0.05) is 38.1 Å². The number of amides is 2. The lowest BCUT2D eigenvalue weighted by Crippen LogP contribution is -2.29. The van der Waals surface area contributed by atoms with Gasteiger partial charge >= 0.3 is 0 Å². The molecule has 1 aliphatic rings. The van der Waals surface area contributed by atoms with Gasteiger partial charge in [-0.15, -0.1) is 0 Å². The number of aryl methyl sites for hydroxylation is 1. The molecule has 3 rings (SSSR count). The molecule has 7 nitrogen and oxygen atoms in total. The number of para-hydroxylation sites is 1. The first-order valence-corrected chi connectivity index (χ1v) is 12.2. The number of hydrogen-bond donors (Lipinski definition) is 1. The lowest BCUT2D eigenvalue weighted by atomic mass is 9.96. The Morgan fingerprint density at radius 3 is 2.56 bits per heavy atom. The molecular formula is C24H31N3O4S. The summed E-state index contributed by atoms with van der Waals surface area (Å²) in [6.45, 7) is 6.24. The Bertz CT molecular complexity index is 1130. The fraction of sp³-hybridized carbons (Fsp3) is 0.417. The minimum atomic E-state index is -3.63. The summed E-state index contributed by atoms with van der Waals surface area (Å²) >= 11 is 0. The van der Waals surface area contributed by atoms with Crippen molar-refractivity contribution in [3.8, 4) is 0 Å². The maximum Gasteiger partial charge on any atom is 0.242 e. The molecular weight excluding hydrogens is 426 g/mol. The molecule has 2 amide bonds. The molecule has 0 saturated carbocycles. The van der Waals surface area contributed by atoms with E-state index in [1.54, 1.807) is 24.0 Å². The minimum absolute atomic E-state index is 0.0827. The number of hydrogen-bond acceptors (Lipinski definition) is 4. The van der Waals surface area contributed by atoms with E-state index in [0.717, 1.165) is 22.0 Å². The van der Waals surface area contributed by atoms with Crippen molar-refractivity contribution in [1.29, 1.82) is 0 Å². The average Bonchev–Trinajstić information content (AvgIpc) is 3.15. The van der Waals surface area contributed by atoms with Gasteiger partial charge in [0.05, 0.1) is 10.8 Å². The number of benzene rings is 2. The Morgan fingerprint density at radius 2 is 1.91 bits per heavy atom. The lowest BCUT2D eigenvalue weighted by Gasteiger charge is -2.23. The zero-order chi connectivity index (χ0) is 23.6. The van der Waals surface area contributed by atoms with Gasteiger partial charge in [-0.25, -0.2) is 12.7 Å². The van der Waals surface area contributed by atoms with Crippen molar-refractivity contribution in [2.45, 2.75) is 44.4 Å². The van der Waals surface area contributed by atoms with E-state index >= 15 is 0 Å². The molecule has 172 valence electrons. The molecule has 2 aromatic rings. The molecule has 8 heteroatoms. The van der Waals surface area contributed by atoms with Crippen LogP contribution in [0, 0.1) is 12.8 Å². The molecule has 1 aliphatic heterocycles. The Balaban J connectivity index is 1.80. The highest BCUT2D eigenvalue weighted by atomic mass is 32.2. The number of carbonyl (C=O) groups excluding carboxylic acids is 2. The standard InChI is InChI=1S/C24H31N3O4S/c1-6-16(2)20-9-7-8-10-21(20)27-15-18(13-23(27)28)24(29)25-19-12-11-17(3)22(14-19)32(30,31)26(4)5/h7-12,14,16,18H,6,13,15H2,1-5H3,(H,25,29)/t16-,18-/m0/s1. The SMILES string of the molecule is CC[C@H](C)c1ccccc1N1C[C@@H](C(=O)Nc2ccc(C)c(S(=O)(=O)N(C)C)c2)CC1=O. The van der Waals surface area contributed by atoms with Gasteiger partial charge in [-0.05, 0) is 48.6 Å². The van der Waals surface area contributed by atoms with Crippen molar-refractivity contribution in [3.05, 3.63) is 53.6 Å². The third kappa shape index (κ3) is 4.71. The van der Waals surface area contributed by atoms with Crippen molar-refractivity contribution in [1.82, 2.24) is 4.31 Å². The van der Waals surface area contributed by atoms with Gasteiger partial charge in [0.25, 0.3) is 0 Å². The van der Waals surface area contributed by atoms with Crippen LogP contribution in [0.25, 0.3) is 0 Å². The summed E-state index contributed by atoms with van der Waals surface area (Å²) in [7, 11) is -0.698. The molecule has 32 heavy (non-hydrogen) atoms. The Kier molecular flexibility index (Phi) is 7.05. The quantitative estimate of drug-likeness (QED) is 0.686. The van der Waals surface area contributed by atoms with E-state index in [-0.39, 0.29) is 23.1 Å². The van der Waals surface area contributed by atoms with Crippen LogP contribution in [0.15, 0.2) is 47.4 Å². The van der Waals surface area contributed by atoms with Crippen molar-refractivity contribution < 1.29 is 18.0 Å². The van der Waals surface area contributed by atoms with Crippen LogP contribution >= 0.6 is 0 Å². The highest BCUT2D eigenvalue weighted by Gasteiger charge is 2.36. The van der Waals surface area contributed by atoms with E-state index in [0.29, 0.717) is 23.7 Å². The summed E-state index contributed by atoms with van der Waals surface area (Å²) < 4.78 is 26.3. The molecule has 0 bridgehead atoms. The van der Waals surface area contributed by atoms with E-state index < -0.39 is 15.9 Å². The van der Waals surface area contributed by atoms with E-state index in [9.17, 15) is 18.0 Å². The van der Waals surface area contributed by atoms with Crippen LogP contribution in [-0.4, -0.2) is 45.2 Å². The number of carbonyl (C=O) groups is 2. The third-order valence-corrected chi connectivity index (χ3v) is 8.04. The van der Waals surface area contributed by atoms with Gasteiger partial charge in [0.1, 0.15) is 0 Å². The minimum Gasteiger partial charge on any atom is -0.326 e. The predicted octanol–water partition coefficient (Wildman–Crippen LogP) is 3.75. The molecule has 0 spiro atoms. The molecule has 0 aliphatic carbocycles. The van der Waals surface area contributed by atoms with Crippen molar-refractivity contribution in [3.63, 3.8) is 0 Å². The smallest absolute Gasteiger partial charge is 0.242 e. The number of sulfonamides is 1. The van der Waals surface area contributed by atoms with Gasteiger partial charge in [0.15, 0.2) is 0 Å². The van der Waals surface area contributed by atoms with Crippen LogP contribution in [0.4, 0.5) is 11.4 Å². The summed E-state index contributed by atoms with van der Waals surface area (Å²) in [5, 5.41) is 2.80. The van der Waals surface area contributed by atoms with Gasteiger partial charge < -0.3 is 10.2 Å². The second-order valence-corrected chi connectivity index (χ2v) is 10.7. The third-order valence-electron chi connectivity index (χ3n) is 6.08. The molecule has 1 heterocycles. The summed E-state index contributed by atoms with van der Waals surface area (Å²) in [5.41, 5.74) is 2.95. The Labute approximate surface area is 190 Å². The second-order valence-electron chi connectivity index (χ2n) is 8.53. The van der Waals surface area contributed by atoms with E-state index in [4.69, 9.17) is 0 Å². The summed E-state index contributed by atoms with van der Waals surface area (Å²) in [6, 6.07) is 12.6. The fourth-order valence-electron chi connectivity index (χ4n) is 3.88. The summed E-state index contributed by atoms with van der Waals surface area (Å²) in [5.74, 6) is -0.584. The van der Waals surface area contributed by atoms with Crippen LogP contribution in [0.3, 0.4) is 0 Å². The summed E-state index contributed by atoms with van der Waals surface area (Å²) in [4.78, 5) is 27.6. The van der Waals surface area contributed by atoms with Crippen LogP contribution in [0.5, 0.6) is 0 Å². The Hall–Kier alpha value is -2.71. The number of anilines is 2. The van der Waals surface area contributed by atoms with Gasteiger partial charge in [-0.3, -0.25) is 9.59 Å². The van der Waals surface area contributed by atoms with Crippen molar-refractivity contribution in [2.24, 2.45) is 5.92 Å². The highest BCUT2D eigenvalue weighted by molar-refractivity contribution is 7.89. The topological polar surface area (TPSA) is 86.8 Å². The fourth-order valence-corrected chi connectivity index (χ4v) is 5.03. The highest BCUT2D eigenvalue weighted by Crippen LogP contribution is 2.34. The second kappa shape index (κ2) is 9.42. The molecule has 1 saturated heterocycles. The molecule has 2 atom stereocenters. The average molecular weight is 458 g/mol. The van der Waals surface area contributed by atoms with E-state index in [1.165, 1.54) is 20.2 Å². The van der Waals surface area contributed by atoms with E-state index in [2.05, 4.69) is 19.2 Å². The maximum absolute atomic E-state index is 12.9. The molecule has 1 N–H and O–H groups in total. The van der Waals surface area contributed by atoms with Gasteiger partial charge in [0, 0.05) is 38.4 Å². The first-order valence-electron chi connectivity index (χ1n) is 10.8. The van der Waals surface area contributed by atoms with E-state index in [1.807, 2.05) is 24.3 Å². The first kappa shape index (κ1) is 23.9. The number of rotatable bonds is 7. The number of nitrogens with zero attached hydrogens (tertiary/aromatic N) is 2. The maximum atomic E-state index is 12.9.